The average Bonchev–Trinajstić information content (AvgIpc) is 3.03. The average molecular weight is 631 g/mol. The van der Waals surface area contributed by atoms with Crippen LogP contribution in [-0.2, 0) is 12.4 Å². The summed E-state index contributed by atoms with van der Waals surface area (Å²) in [5.41, 5.74) is -4.95. The Balaban J connectivity index is 1.43. The molecule has 0 aliphatic carbocycles. The molecule has 3 fully saturated rings. The molecule has 0 amide bonds. The van der Waals surface area contributed by atoms with Crippen LogP contribution in [-0.4, -0.2) is 36.1 Å². The summed E-state index contributed by atoms with van der Waals surface area (Å²) >= 11 is 0. The first-order chi connectivity index (χ1) is 21.3. The normalized spacial score (nSPS) is 22.4. The fourth-order valence-corrected chi connectivity index (χ4v) is 6.63. The molecule has 3 aliphatic heterocycles. The first-order valence-corrected chi connectivity index (χ1v) is 14.2. The van der Waals surface area contributed by atoms with Gasteiger partial charge in [-0.3, -0.25) is 19.5 Å². The number of ether oxygens (including phenoxy) is 1. The third kappa shape index (κ3) is 5.65. The fraction of sp³-hybridized carbons (Fsp3) is 0.344. The second kappa shape index (κ2) is 11.2. The van der Waals surface area contributed by atoms with Gasteiger partial charge in [0, 0.05) is 29.9 Å². The van der Waals surface area contributed by atoms with Crippen LogP contribution in [0.2, 0.25) is 0 Å². The Morgan fingerprint density at radius 3 is 2.29 bits per heavy atom. The minimum absolute atomic E-state index is 0.00556. The highest BCUT2D eigenvalue weighted by Gasteiger charge is 2.44. The highest BCUT2D eigenvalue weighted by Crippen LogP contribution is 2.44. The van der Waals surface area contributed by atoms with Gasteiger partial charge in [0.1, 0.15) is 17.1 Å². The van der Waals surface area contributed by atoms with Crippen LogP contribution in [0.5, 0.6) is 5.75 Å². The topological polar surface area (TPSA) is 83.6 Å². The number of halogens is 6. The number of pyridine rings is 1. The van der Waals surface area contributed by atoms with E-state index in [1.807, 2.05) is 6.08 Å². The van der Waals surface area contributed by atoms with Crippen molar-refractivity contribution < 1.29 is 31.1 Å². The molecule has 0 spiro atoms. The van der Waals surface area contributed by atoms with Gasteiger partial charge in [0.05, 0.1) is 29.8 Å². The minimum Gasteiger partial charge on any atom is -0.497 e. The van der Waals surface area contributed by atoms with Crippen LogP contribution in [0.4, 0.5) is 43.4 Å². The van der Waals surface area contributed by atoms with Crippen LogP contribution < -0.4 is 26.2 Å². The summed E-state index contributed by atoms with van der Waals surface area (Å²) in [6, 6.07) is 7.29. The van der Waals surface area contributed by atoms with E-state index in [0.29, 0.717) is 29.3 Å². The lowest BCUT2D eigenvalue weighted by Crippen LogP contribution is -2.56. The lowest BCUT2D eigenvalue weighted by molar-refractivity contribution is -0.143. The van der Waals surface area contributed by atoms with Crippen molar-refractivity contribution in [1.82, 2.24) is 9.88 Å². The van der Waals surface area contributed by atoms with Crippen molar-refractivity contribution in [3.05, 3.63) is 98.5 Å². The van der Waals surface area contributed by atoms with E-state index in [1.54, 1.807) is 30.5 Å². The predicted molar refractivity (Wildman–Crippen MR) is 158 cm³/mol. The van der Waals surface area contributed by atoms with Gasteiger partial charge in [0.2, 0.25) is 0 Å². The number of alkyl halides is 6. The predicted octanol–water partition coefficient (Wildman–Crippen LogP) is 6.67. The quantitative estimate of drug-likeness (QED) is 0.128. The number of hydrogen-bond donors (Lipinski definition) is 2. The molecule has 7 rings (SSSR count). The number of fused-ring (bicyclic) bond motifs is 4. The van der Waals surface area contributed by atoms with E-state index >= 15 is 0 Å². The Labute approximate surface area is 253 Å². The van der Waals surface area contributed by atoms with Crippen molar-refractivity contribution in [1.29, 1.82) is 0 Å². The Bertz CT molecular complexity index is 1810. The molecule has 3 aromatic carbocycles. The molecule has 5 atom stereocenters. The maximum Gasteiger partial charge on any atom is 0.416 e. The van der Waals surface area contributed by atoms with Gasteiger partial charge in [-0.05, 0) is 79.3 Å². The summed E-state index contributed by atoms with van der Waals surface area (Å²) in [6.07, 6.45) is -4.94. The SMILES string of the molecule is C=CC1CN2CCC1C[C@@H]2[C@@H](Nc1c(Nc2cc(C(F)(F)F)cc(C(F)(F)F)c2)c(=O)c1=O)c1ccnc2ccc(OC)cc12. The van der Waals surface area contributed by atoms with Crippen molar-refractivity contribution in [2.75, 3.05) is 30.8 Å². The number of nitrogens with one attached hydrogen (secondary N) is 2. The Morgan fingerprint density at radius 1 is 1.00 bits per heavy atom. The number of hydrogen-bond acceptors (Lipinski definition) is 7. The highest BCUT2D eigenvalue weighted by molar-refractivity contribution is 5.85. The van der Waals surface area contributed by atoms with E-state index in [9.17, 15) is 35.9 Å². The molecule has 236 valence electrons. The van der Waals surface area contributed by atoms with E-state index < -0.39 is 51.8 Å². The van der Waals surface area contributed by atoms with Gasteiger partial charge in [0.15, 0.2) is 0 Å². The maximum atomic E-state index is 13.5. The molecule has 13 heteroatoms. The standard InChI is InChI=1S/C32H28F6N4O3/c1-3-16-15-42-9-7-17(16)10-25(42)26(22-6-8-39-24-5-4-21(45-2)14-23(22)24)41-28-27(29(43)30(28)44)40-20-12-18(31(33,34)35)11-19(13-20)32(36,37)38/h3-6,8,11-14,16-17,25-26,40-41H,1,7,9-10,15H2,2H3/t16?,17?,25-,26+/m1/s1. The Morgan fingerprint density at radius 2 is 1.69 bits per heavy atom. The highest BCUT2D eigenvalue weighted by atomic mass is 19.4. The Hall–Kier alpha value is -4.39. The van der Waals surface area contributed by atoms with Crippen LogP contribution in [0.15, 0.2) is 70.9 Å². The van der Waals surface area contributed by atoms with Gasteiger partial charge in [-0.15, -0.1) is 6.58 Å². The maximum absolute atomic E-state index is 13.5. The first-order valence-electron chi connectivity index (χ1n) is 14.2. The molecule has 4 aromatic rings. The lowest BCUT2D eigenvalue weighted by atomic mass is 9.73. The van der Waals surface area contributed by atoms with Gasteiger partial charge in [-0.25, -0.2) is 0 Å². The summed E-state index contributed by atoms with van der Waals surface area (Å²) in [4.78, 5) is 32.4. The molecule has 0 radical (unpaired) electrons. The van der Waals surface area contributed by atoms with E-state index in [2.05, 4.69) is 27.1 Å². The molecule has 0 saturated carbocycles. The van der Waals surface area contributed by atoms with Crippen LogP contribution in [0.3, 0.4) is 0 Å². The molecule has 45 heavy (non-hydrogen) atoms. The molecule has 3 saturated heterocycles. The molecular weight excluding hydrogens is 602 g/mol. The molecular formula is C32H28F6N4O3. The van der Waals surface area contributed by atoms with Crippen molar-refractivity contribution in [2.24, 2.45) is 11.8 Å². The van der Waals surface area contributed by atoms with Crippen LogP contribution in [0.25, 0.3) is 10.9 Å². The van der Waals surface area contributed by atoms with Gasteiger partial charge in [0.25, 0.3) is 10.9 Å². The monoisotopic (exact) mass is 630 g/mol. The van der Waals surface area contributed by atoms with E-state index in [4.69, 9.17) is 4.74 Å². The largest absolute Gasteiger partial charge is 0.497 e. The van der Waals surface area contributed by atoms with Crippen molar-refractivity contribution in [3.63, 3.8) is 0 Å². The van der Waals surface area contributed by atoms with Gasteiger partial charge >= 0.3 is 12.4 Å². The van der Waals surface area contributed by atoms with Gasteiger partial charge in [-0.1, -0.05) is 6.08 Å². The summed E-state index contributed by atoms with van der Waals surface area (Å²) < 4.78 is 86.4. The van der Waals surface area contributed by atoms with Crippen molar-refractivity contribution >= 4 is 28.0 Å². The molecule has 3 aliphatic rings. The third-order valence-corrected chi connectivity index (χ3v) is 8.92. The van der Waals surface area contributed by atoms with Crippen molar-refractivity contribution in [2.45, 2.75) is 37.3 Å². The summed E-state index contributed by atoms with van der Waals surface area (Å²) in [6.45, 7) is 5.48. The number of benzene rings is 2. The second-order valence-electron chi connectivity index (χ2n) is 11.5. The molecule has 1 aromatic heterocycles. The number of anilines is 3. The van der Waals surface area contributed by atoms with Gasteiger partial charge < -0.3 is 15.4 Å². The zero-order chi connectivity index (χ0) is 32.3. The number of aromatic nitrogens is 1. The molecule has 2 N–H and O–H groups in total. The Kier molecular flexibility index (Phi) is 7.62. The summed E-state index contributed by atoms with van der Waals surface area (Å²) in [5, 5.41) is 6.30. The third-order valence-electron chi connectivity index (χ3n) is 8.92. The smallest absolute Gasteiger partial charge is 0.416 e. The summed E-state index contributed by atoms with van der Waals surface area (Å²) in [7, 11) is 1.52. The minimum atomic E-state index is -5.08. The lowest BCUT2D eigenvalue weighted by Gasteiger charge is -2.52. The van der Waals surface area contributed by atoms with Crippen molar-refractivity contribution in [3.8, 4) is 5.75 Å². The zero-order valence-electron chi connectivity index (χ0n) is 23.9. The molecule has 4 heterocycles. The zero-order valence-corrected chi connectivity index (χ0v) is 23.9. The molecule has 7 nitrogen and oxygen atoms in total. The molecule has 2 bridgehead atoms. The number of nitrogens with zero attached hydrogens (tertiary/aromatic N) is 2. The number of methoxy groups -OCH3 is 1. The van der Waals surface area contributed by atoms with Crippen LogP contribution >= 0.6 is 0 Å². The molecule has 3 unspecified atom stereocenters. The van der Waals surface area contributed by atoms with Gasteiger partial charge in [-0.2, -0.15) is 26.3 Å². The van der Waals surface area contributed by atoms with E-state index in [-0.39, 0.29) is 23.7 Å². The summed E-state index contributed by atoms with van der Waals surface area (Å²) in [5.74, 6) is 1.16. The van der Waals surface area contributed by atoms with E-state index in [1.165, 1.54) is 7.11 Å². The fourth-order valence-electron chi connectivity index (χ4n) is 6.63. The van der Waals surface area contributed by atoms with E-state index in [0.717, 1.165) is 36.9 Å². The van der Waals surface area contributed by atoms with Crippen LogP contribution in [0, 0.1) is 11.8 Å². The van der Waals surface area contributed by atoms with Crippen LogP contribution in [0.1, 0.15) is 35.6 Å². The number of piperidine rings is 3. The number of rotatable bonds is 8. The second-order valence-corrected chi connectivity index (χ2v) is 11.5. The first kappa shape index (κ1) is 30.6.